The molecule has 11 heteroatoms. The summed E-state index contributed by atoms with van der Waals surface area (Å²) < 4.78 is 6.90. The van der Waals surface area contributed by atoms with Crippen molar-refractivity contribution in [2.24, 2.45) is 5.92 Å². The number of carbonyl (C=O) groups is 3. The summed E-state index contributed by atoms with van der Waals surface area (Å²) in [6.07, 6.45) is -0.810. The minimum absolute atomic E-state index is 0.0575. The molecule has 3 heterocycles. The molecule has 0 unspecified atom stereocenters. The third kappa shape index (κ3) is 5.93. The molecule has 1 saturated heterocycles. The van der Waals surface area contributed by atoms with Crippen molar-refractivity contribution < 1.29 is 29.0 Å². The Hall–Kier alpha value is -4.84. The molecule has 4 atom stereocenters. The highest BCUT2D eigenvalue weighted by molar-refractivity contribution is 6.71. The number of nitrogens with zero attached hydrogens (tertiary/aromatic N) is 3. The van der Waals surface area contributed by atoms with Crippen LogP contribution in [0.4, 0.5) is 17.1 Å². The standard InChI is InChI=1S/C43H42ClN3O6Si/c1-27-40(54(2,3)52)37(24-38(49)45(21-22-48)25-28-9-5-4-6-10-28)53-43(27)34-23-31(44)17-20-35(34)46(42(43)51)26-29-15-18-32(19-16-29)47-36-14-8-12-30-11-7-13-33(39(30)36)41(47)50/h4-20,23,27,37,40,48,52H,21-22,24-26H2,1-3H3/t27-,37+,40-,43+/m1/s1. The maximum absolute atomic E-state index is 15.0. The minimum Gasteiger partial charge on any atom is -0.432 e. The van der Waals surface area contributed by atoms with E-state index in [9.17, 15) is 24.3 Å². The van der Waals surface area contributed by atoms with Crippen LogP contribution in [0, 0.1) is 5.92 Å². The number of hydrogen-bond donors (Lipinski definition) is 2. The van der Waals surface area contributed by atoms with Crippen molar-refractivity contribution in [3.8, 4) is 0 Å². The molecule has 1 fully saturated rings. The number of aliphatic hydroxyl groups is 1. The Morgan fingerprint density at radius 3 is 2.33 bits per heavy atom. The lowest BCUT2D eigenvalue weighted by Crippen LogP contribution is -2.46. The van der Waals surface area contributed by atoms with Gasteiger partial charge in [-0.3, -0.25) is 19.3 Å². The van der Waals surface area contributed by atoms with Gasteiger partial charge in [0.1, 0.15) is 0 Å². The fraction of sp³-hybridized carbons (Fsp3) is 0.279. The summed E-state index contributed by atoms with van der Waals surface area (Å²) in [5.41, 5.74) is 3.35. The number of hydrogen-bond acceptors (Lipinski definition) is 6. The molecule has 276 valence electrons. The average molecular weight is 760 g/mol. The van der Waals surface area contributed by atoms with Crippen LogP contribution in [0.25, 0.3) is 10.8 Å². The van der Waals surface area contributed by atoms with Crippen LogP contribution < -0.4 is 9.80 Å². The summed E-state index contributed by atoms with van der Waals surface area (Å²) in [6, 6.07) is 34.2. The Kier molecular flexibility index (Phi) is 9.22. The van der Waals surface area contributed by atoms with Crippen molar-refractivity contribution in [1.82, 2.24) is 4.90 Å². The Balaban J connectivity index is 1.09. The van der Waals surface area contributed by atoms with Crippen LogP contribution in [0.1, 0.15) is 40.4 Å². The van der Waals surface area contributed by atoms with E-state index >= 15 is 0 Å². The highest BCUT2D eigenvalue weighted by Crippen LogP contribution is 2.60. The topological polar surface area (TPSA) is 111 Å². The number of benzene rings is 5. The Bertz CT molecular complexity index is 2270. The summed E-state index contributed by atoms with van der Waals surface area (Å²) in [6.45, 7) is 6.07. The van der Waals surface area contributed by atoms with E-state index in [4.69, 9.17) is 16.3 Å². The monoisotopic (exact) mass is 759 g/mol. The quantitative estimate of drug-likeness (QED) is 0.143. The van der Waals surface area contributed by atoms with E-state index < -0.39 is 31.5 Å². The Morgan fingerprint density at radius 2 is 1.63 bits per heavy atom. The molecule has 1 spiro atoms. The zero-order valence-corrected chi connectivity index (χ0v) is 32.2. The first-order valence-corrected chi connectivity index (χ1v) is 21.7. The third-order valence-electron chi connectivity index (χ3n) is 11.4. The predicted molar refractivity (Wildman–Crippen MR) is 212 cm³/mol. The fourth-order valence-electron chi connectivity index (χ4n) is 9.03. The van der Waals surface area contributed by atoms with E-state index in [1.165, 1.54) is 0 Å². The predicted octanol–water partition coefficient (Wildman–Crippen LogP) is 7.54. The van der Waals surface area contributed by atoms with Gasteiger partial charge in [-0.15, -0.1) is 0 Å². The number of halogens is 1. The maximum atomic E-state index is 15.0. The summed E-state index contributed by atoms with van der Waals surface area (Å²) >= 11 is 6.60. The zero-order chi connectivity index (χ0) is 37.9. The molecule has 3 aliphatic rings. The first kappa shape index (κ1) is 36.1. The molecule has 0 radical (unpaired) electrons. The van der Waals surface area contributed by atoms with Gasteiger partial charge in [-0.25, -0.2) is 0 Å². The number of aliphatic hydroxyl groups excluding tert-OH is 1. The SMILES string of the molecule is C[C@@H]1[C@@H]([Si](C)(C)O)[C@H](CC(=O)N(CCO)Cc2ccccc2)O[C@@]12C(=O)N(Cc1ccc(N3C(=O)c4cccc5cccc3c45)cc1)c1ccc(Cl)cc12. The number of carbonyl (C=O) groups excluding carboxylic acids is 3. The van der Waals surface area contributed by atoms with Crippen LogP contribution in [-0.2, 0) is 33.0 Å². The van der Waals surface area contributed by atoms with Gasteiger partial charge in [0.25, 0.3) is 11.8 Å². The van der Waals surface area contributed by atoms with Gasteiger partial charge < -0.3 is 24.4 Å². The number of fused-ring (bicyclic) bond motifs is 2. The van der Waals surface area contributed by atoms with Crippen molar-refractivity contribution in [3.63, 3.8) is 0 Å². The maximum Gasteiger partial charge on any atom is 0.264 e. The highest BCUT2D eigenvalue weighted by Gasteiger charge is 2.66. The van der Waals surface area contributed by atoms with Gasteiger partial charge in [0, 0.05) is 46.2 Å². The molecular weight excluding hydrogens is 718 g/mol. The van der Waals surface area contributed by atoms with Gasteiger partial charge in [0.15, 0.2) is 13.9 Å². The van der Waals surface area contributed by atoms with Crippen LogP contribution in [0.15, 0.2) is 109 Å². The Morgan fingerprint density at radius 1 is 0.907 bits per heavy atom. The van der Waals surface area contributed by atoms with Crippen molar-refractivity contribution in [2.45, 2.75) is 56.8 Å². The highest BCUT2D eigenvalue weighted by atomic mass is 35.5. The molecule has 0 bridgehead atoms. The van der Waals surface area contributed by atoms with E-state index in [1.54, 1.807) is 26.8 Å². The largest absolute Gasteiger partial charge is 0.432 e. The van der Waals surface area contributed by atoms with Gasteiger partial charge >= 0.3 is 0 Å². The van der Waals surface area contributed by atoms with Crippen molar-refractivity contribution in [2.75, 3.05) is 23.0 Å². The van der Waals surface area contributed by atoms with Crippen LogP contribution in [-0.4, -0.2) is 60.1 Å². The molecule has 9 nitrogen and oxygen atoms in total. The van der Waals surface area contributed by atoms with E-state index in [2.05, 4.69) is 0 Å². The lowest BCUT2D eigenvalue weighted by atomic mass is 9.82. The summed E-state index contributed by atoms with van der Waals surface area (Å²) in [5.74, 6) is -1.07. The van der Waals surface area contributed by atoms with Gasteiger partial charge in [0.05, 0.1) is 42.6 Å². The molecule has 0 aromatic heterocycles. The third-order valence-corrected chi connectivity index (χ3v) is 14.1. The van der Waals surface area contributed by atoms with Gasteiger partial charge in [-0.05, 0) is 72.1 Å². The van der Waals surface area contributed by atoms with Crippen molar-refractivity contribution >= 4 is 65.5 Å². The molecule has 8 rings (SSSR count). The minimum atomic E-state index is -3.05. The van der Waals surface area contributed by atoms with Gasteiger partial charge in [-0.1, -0.05) is 85.3 Å². The molecule has 5 aromatic carbocycles. The fourth-order valence-corrected chi connectivity index (χ4v) is 11.8. The number of rotatable bonds is 10. The lowest BCUT2D eigenvalue weighted by Gasteiger charge is -2.32. The van der Waals surface area contributed by atoms with Crippen molar-refractivity contribution in [1.29, 1.82) is 0 Å². The molecule has 54 heavy (non-hydrogen) atoms. The number of anilines is 3. The molecule has 0 aliphatic carbocycles. The average Bonchev–Trinajstić information content (AvgIpc) is 3.70. The second-order valence-electron chi connectivity index (χ2n) is 15.1. The van der Waals surface area contributed by atoms with E-state index in [-0.39, 0.29) is 43.8 Å². The van der Waals surface area contributed by atoms with Crippen LogP contribution in [0.2, 0.25) is 23.7 Å². The second kappa shape index (κ2) is 13.8. The molecule has 2 N–H and O–H groups in total. The molecule has 3 aliphatic heterocycles. The van der Waals surface area contributed by atoms with Crippen molar-refractivity contribution in [3.05, 3.63) is 136 Å². The molecular formula is C43H42ClN3O6Si. The van der Waals surface area contributed by atoms with Gasteiger partial charge in [0.2, 0.25) is 5.91 Å². The second-order valence-corrected chi connectivity index (χ2v) is 19.5. The van der Waals surface area contributed by atoms with E-state index in [1.807, 2.05) is 117 Å². The zero-order valence-electron chi connectivity index (χ0n) is 30.4. The van der Waals surface area contributed by atoms with Crippen LogP contribution >= 0.6 is 11.6 Å². The number of amides is 3. The number of ether oxygens (including phenoxy) is 1. The summed E-state index contributed by atoms with van der Waals surface area (Å²) in [5, 5.41) is 12.2. The van der Waals surface area contributed by atoms with Crippen LogP contribution in [0.5, 0.6) is 0 Å². The van der Waals surface area contributed by atoms with E-state index in [0.29, 0.717) is 28.4 Å². The summed E-state index contributed by atoms with van der Waals surface area (Å²) in [7, 11) is -3.05. The summed E-state index contributed by atoms with van der Waals surface area (Å²) in [4.78, 5) is 59.2. The first-order chi connectivity index (χ1) is 25.9. The van der Waals surface area contributed by atoms with Crippen LogP contribution in [0.3, 0.4) is 0 Å². The molecule has 3 amide bonds. The normalized spacial score (nSPS) is 21.8. The first-order valence-electron chi connectivity index (χ1n) is 18.3. The smallest absolute Gasteiger partial charge is 0.264 e. The lowest BCUT2D eigenvalue weighted by molar-refractivity contribution is -0.150. The van der Waals surface area contributed by atoms with Gasteiger partial charge in [-0.2, -0.15) is 0 Å². The van der Waals surface area contributed by atoms with E-state index in [0.717, 1.165) is 33.3 Å². The molecule has 0 saturated carbocycles. The Labute approximate surface area is 320 Å². The molecule has 5 aromatic rings.